The first-order valence-corrected chi connectivity index (χ1v) is 13.1. The fraction of sp³-hybridized carbons (Fsp3) is 0.577. The molecule has 0 radical (unpaired) electrons. The van der Waals surface area contributed by atoms with Gasteiger partial charge >= 0.3 is 12.1 Å². The number of ether oxygens (including phenoxy) is 1. The number of halogens is 5. The standard InChI is InChI=1S/C26H26F5N5O5/c1-35(22(38)19(13-4-5-13)33-24(40)26(29,30)31)17(6-12-2-3-12)21(37)36-11-25(9-15(36)10-32)23(39)34-20-16(28)7-14(27)8-18(20)41-25/h7-8,12-13,15,17,19H,2-6,9,11H2,1H3,(H,33,40)(H,34,39)/t15-,17-,19-,25+/m0/s1. The maximum atomic E-state index is 14.2. The van der Waals surface area contributed by atoms with E-state index in [1.807, 2.05) is 6.07 Å². The summed E-state index contributed by atoms with van der Waals surface area (Å²) in [5.74, 6) is -7.55. The van der Waals surface area contributed by atoms with Crippen molar-refractivity contribution in [2.45, 2.75) is 68.4 Å². The first-order chi connectivity index (χ1) is 19.2. The molecule has 5 rings (SSSR count). The van der Waals surface area contributed by atoms with Gasteiger partial charge < -0.3 is 25.2 Å². The van der Waals surface area contributed by atoms with E-state index in [0.29, 0.717) is 18.9 Å². The molecule has 1 saturated heterocycles. The van der Waals surface area contributed by atoms with Crippen LogP contribution in [-0.4, -0.2) is 76.9 Å². The van der Waals surface area contributed by atoms with Gasteiger partial charge in [-0.25, -0.2) is 8.78 Å². The topological polar surface area (TPSA) is 132 Å². The molecule has 2 heterocycles. The predicted molar refractivity (Wildman–Crippen MR) is 129 cm³/mol. The lowest BCUT2D eigenvalue weighted by molar-refractivity contribution is -0.175. The number of hydrogen-bond acceptors (Lipinski definition) is 6. The summed E-state index contributed by atoms with van der Waals surface area (Å²) in [5, 5.41) is 13.9. The van der Waals surface area contributed by atoms with Crippen molar-refractivity contribution in [2.75, 3.05) is 18.9 Å². The highest BCUT2D eigenvalue weighted by atomic mass is 19.4. The first kappa shape index (κ1) is 28.6. The van der Waals surface area contributed by atoms with Crippen LogP contribution in [0.1, 0.15) is 38.5 Å². The Morgan fingerprint density at radius 1 is 1.24 bits per heavy atom. The molecular formula is C26H26F5N5O5. The summed E-state index contributed by atoms with van der Waals surface area (Å²) in [5.41, 5.74) is -2.24. The third-order valence-corrected chi connectivity index (χ3v) is 7.99. The van der Waals surface area contributed by atoms with Crippen molar-refractivity contribution in [3.63, 3.8) is 0 Å². The normalized spacial score (nSPS) is 25.0. The van der Waals surface area contributed by atoms with Crippen molar-refractivity contribution in [1.29, 1.82) is 5.26 Å². The summed E-state index contributed by atoms with van der Waals surface area (Å²) in [6, 6.07) is -0.568. The molecule has 0 bridgehead atoms. The Labute approximate surface area is 230 Å². The highest BCUT2D eigenvalue weighted by Gasteiger charge is 2.57. The third-order valence-electron chi connectivity index (χ3n) is 7.99. The van der Waals surface area contributed by atoms with Gasteiger partial charge in [0.05, 0.1) is 12.6 Å². The average Bonchev–Trinajstić information content (AvgIpc) is 3.84. The van der Waals surface area contributed by atoms with Gasteiger partial charge in [-0.15, -0.1) is 0 Å². The second-order valence-electron chi connectivity index (χ2n) is 11.1. The van der Waals surface area contributed by atoms with Crippen molar-refractivity contribution in [2.24, 2.45) is 11.8 Å². The van der Waals surface area contributed by atoms with Gasteiger partial charge in [0.1, 0.15) is 29.6 Å². The molecule has 0 unspecified atom stereocenters. The van der Waals surface area contributed by atoms with E-state index in [4.69, 9.17) is 4.74 Å². The number of nitriles is 1. The van der Waals surface area contributed by atoms with E-state index in [2.05, 4.69) is 5.32 Å². The Hall–Kier alpha value is -3.96. The SMILES string of the molecule is CN(C(=O)[C@@H](NC(=O)C(F)(F)F)C1CC1)[C@@H](CC1CC1)C(=O)N1C[C@@]2(C[C@H]1C#N)Oc1cc(F)cc(F)c1NC2=O. The number of carbonyl (C=O) groups excluding carboxylic acids is 4. The molecule has 2 saturated carbocycles. The molecule has 15 heteroatoms. The zero-order valence-corrected chi connectivity index (χ0v) is 21.8. The number of fused-ring (bicyclic) bond motifs is 1. The maximum Gasteiger partial charge on any atom is 0.471 e. The van der Waals surface area contributed by atoms with Crippen molar-refractivity contribution >= 4 is 29.3 Å². The second kappa shape index (κ2) is 10.1. The quantitative estimate of drug-likeness (QED) is 0.474. The minimum absolute atomic E-state index is 0.0486. The molecule has 1 aromatic rings. The van der Waals surface area contributed by atoms with Crippen LogP contribution >= 0.6 is 0 Å². The van der Waals surface area contributed by atoms with Gasteiger partial charge in [-0.2, -0.15) is 18.4 Å². The fourth-order valence-corrected chi connectivity index (χ4v) is 5.39. The number of amides is 4. The lowest BCUT2D eigenvalue weighted by Gasteiger charge is -2.36. The van der Waals surface area contributed by atoms with E-state index in [1.165, 1.54) is 7.05 Å². The number of likely N-dealkylation sites (N-methyl/N-ethyl adjacent to an activating group) is 1. The molecule has 1 spiro atoms. The first-order valence-electron chi connectivity index (χ1n) is 13.1. The Morgan fingerprint density at radius 3 is 2.51 bits per heavy atom. The highest BCUT2D eigenvalue weighted by molar-refractivity contribution is 6.02. The van der Waals surface area contributed by atoms with Crippen LogP contribution in [0.5, 0.6) is 5.75 Å². The number of anilines is 1. The molecule has 4 amide bonds. The molecule has 3 fully saturated rings. The van der Waals surface area contributed by atoms with E-state index in [9.17, 15) is 46.4 Å². The zero-order valence-electron chi connectivity index (χ0n) is 21.8. The molecule has 4 aliphatic rings. The van der Waals surface area contributed by atoms with Crippen LogP contribution in [-0.2, 0) is 19.2 Å². The smallest absolute Gasteiger partial charge is 0.471 e. The zero-order chi connectivity index (χ0) is 29.9. The highest BCUT2D eigenvalue weighted by Crippen LogP contribution is 2.43. The van der Waals surface area contributed by atoms with Gasteiger partial charge in [-0.1, -0.05) is 12.8 Å². The predicted octanol–water partition coefficient (Wildman–Crippen LogP) is 2.24. The van der Waals surface area contributed by atoms with Crippen molar-refractivity contribution in [3.8, 4) is 11.8 Å². The van der Waals surface area contributed by atoms with Gasteiger partial charge in [0.25, 0.3) is 5.91 Å². The lowest BCUT2D eigenvalue weighted by Crippen LogP contribution is -2.58. The number of nitrogens with zero attached hydrogens (tertiary/aromatic N) is 3. The third kappa shape index (κ3) is 5.51. The van der Waals surface area contributed by atoms with Crippen LogP contribution in [0.15, 0.2) is 12.1 Å². The van der Waals surface area contributed by atoms with Gasteiger partial charge in [0.15, 0.2) is 11.6 Å². The maximum absolute atomic E-state index is 14.2. The van der Waals surface area contributed by atoms with E-state index < -0.39 is 77.6 Å². The number of likely N-dealkylation sites (tertiary alicyclic amines) is 1. The van der Waals surface area contributed by atoms with Gasteiger partial charge in [0.2, 0.25) is 17.4 Å². The average molecular weight is 584 g/mol. The van der Waals surface area contributed by atoms with Crippen LogP contribution in [0.3, 0.4) is 0 Å². The molecule has 2 N–H and O–H groups in total. The molecule has 1 aromatic carbocycles. The number of carbonyl (C=O) groups is 4. The van der Waals surface area contributed by atoms with E-state index >= 15 is 0 Å². The monoisotopic (exact) mass is 583 g/mol. The molecule has 4 atom stereocenters. The molecule has 2 aliphatic carbocycles. The van der Waals surface area contributed by atoms with Crippen molar-refractivity contribution < 1.29 is 45.9 Å². The summed E-state index contributed by atoms with van der Waals surface area (Å²) in [7, 11) is 1.25. The number of alkyl halides is 3. The van der Waals surface area contributed by atoms with Crippen LogP contribution < -0.4 is 15.4 Å². The number of nitrogens with one attached hydrogen (secondary N) is 2. The minimum Gasteiger partial charge on any atom is -0.473 e. The molecular weight excluding hydrogens is 557 g/mol. The van der Waals surface area contributed by atoms with Crippen molar-refractivity contribution in [1.82, 2.24) is 15.1 Å². The Kier molecular flexibility index (Phi) is 7.07. The van der Waals surface area contributed by atoms with Gasteiger partial charge in [-0.3, -0.25) is 19.2 Å². The largest absolute Gasteiger partial charge is 0.473 e. The summed E-state index contributed by atoms with van der Waals surface area (Å²) in [6.45, 7) is -0.479. The number of hydrogen-bond donors (Lipinski definition) is 2. The Bertz CT molecular complexity index is 1340. The van der Waals surface area contributed by atoms with Crippen LogP contribution in [0.4, 0.5) is 27.6 Å². The molecule has 0 aromatic heterocycles. The number of rotatable bonds is 7. The molecule has 41 heavy (non-hydrogen) atoms. The molecule has 10 nitrogen and oxygen atoms in total. The van der Waals surface area contributed by atoms with Gasteiger partial charge in [-0.05, 0) is 31.1 Å². The van der Waals surface area contributed by atoms with E-state index in [-0.39, 0.29) is 30.2 Å². The second-order valence-corrected chi connectivity index (χ2v) is 11.1. The Balaban J connectivity index is 1.39. The van der Waals surface area contributed by atoms with Crippen LogP contribution in [0.2, 0.25) is 0 Å². The van der Waals surface area contributed by atoms with E-state index in [1.54, 1.807) is 5.32 Å². The fourth-order valence-electron chi connectivity index (χ4n) is 5.39. The summed E-state index contributed by atoms with van der Waals surface area (Å²) < 4.78 is 72.6. The lowest BCUT2D eigenvalue weighted by atomic mass is 9.97. The summed E-state index contributed by atoms with van der Waals surface area (Å²) >= 11 is 0. The van der Waals surface area contributed by atoms with Crippen molar-refractivity contribution in [3.05, 3.63) is 23.8 Å². The number of benzene rings is 1. The Morgan fingerprint density at radius 2 is 1.93 bits per heavy atom. The van der Waals surface area contributed by atoms with E-state index in [0.717, 1.165) is 28.7 Å². The van der Waals surface area contributed by atoms with Crippen LogP contribution in [0.25, 0.3) is 0 Å². The summed E-state index contributed by atoms with van der Waals surface area (Å²) in [4.78, 5) is 54.1. The molecule has 220 valence electrons. The molecule has 2 aliphatic heterocycles. The van der Waals surface area contributed by atoms with Gasteiger partial charge in [0, 0.05) is 25.6 Å². The summed E-state index contributed by atoms with van der Waals surface area (Å²) in [6.07, 6.45) is -3.03. The minimum atomic E-state index is -5.20. The van der Waals surface area contributed by atoms with Crippen LogP contribution in [0, 0.1) is 34.8 Å².